The molecule has 0 bridgehead atoms. The SMILES string of the molecule is CS(=O)(=O)c1ccc(N2CCN(CCn3c(=O)sc4c3ncn3ncnc43)CC2)cc1. The van der Waals surface area contributed by atoms with Gasteiger partial charge in [-0.1, -0.05) is 11.3 Å². The first-order chi connectivity index (χ1) is 14.9. The van der Waals surface area contributed by atoms with E-state index in [-0.39, 0.29) is 4.87 Å². The maximum absolute atomic E-state index is 12.5. The highest BCUT2D eigenvalue weighted by Crippen LogP contribution is 2.21. The molecule has 31 heavy (non-hydrogen) atoms. The smallest absolute Gasteiger partial charge is 0.309 e. The Morgan fingerprint density at radius 3 is 2.45 bits per heavy atom. The predicted octanol–water partition coefficient (Wildman–Crippen LogP) is 0.726. The summed E-state index contributed by atoms with van der Waals surface area (Å²) in [6, 6.07) is 7.04. The molecule has 162 valence electrons. The highest BCUT2D eigenvalue weighted by atomic mass is 32.2. The molecule has 4 heterocycles. The van der Waals surface area contributed by atoms with E-state index >= 15 is 0 Å². The first kappa shape index (κ1) is 20.1. The molecular formula is C19H21N7O3S2. The lowest BCUT2D eigenvalue weighted by Gasteiger charge is -2.36. The van der Waals surface area contributed by atoms with Gasteiger partial charge in [0.2, 0.25) is 0 Å². The van der Waals surface area contributed by atoms with Crippen LogP contribution in [-0.2, 0) is 16.4 Å². The Kier molecular flexibility index (Phi) is 4.99. The van der Waals surface area contributed by atoms with Gasteiger partial charge in [0.05, 0.1) is 4.90 Å². The van der Waals surface area contributed by atoms with Crippen LogP contribution in [0.4, 0.5) is 5.69 Å². The standard InChI is InChI=1S/C19H21N7O3S2/c1-31(28,29)15-4-2-14(3-5-15)24-9-6-23(7-10-24)8-11-25-17-16(30-19(25)27)18-20-12-22-26(18)13-21-17/h2-5,12-13H,6-11H2,1H3. The van der Waals surface area contributed by atoms with Crippen molar-refractivity contribution in [3.63, 3.8) is 0 Å². The average Bonchev–Trinajstić information content (AvgIpc) is 3.36. The van der Waals surface area contributed by atoms with Crippen molar-refractivity contribution in [1.82, 2.24) is 29.0 Å². The van der Waals surface area contributed by atoms with E-state index in [2.05, 4.69) is 24.9 Å². The number of sulfone groups is 1. The van der Waals surface area contributed by atoms with Crippen molar-refractivity contribution in [1.29, 1.82) is 0 Å². The number of piperazine rings is 1. The first-order valence-corrected chi connectivity index (χ1v) is 12.6. The summed E-state index contributed by atoms with van der Waals surface area (Å²) in [5.74, 6) is 0. The molecule has 12 heteroatoms. The van der Waals surface area contributed by atoms with Gasteiger partial charge in [0.15, 0.2) is 21.1 Å². The van der Waals surface area contributed by atoms with Crippen LogP contribution in [0.1, 0.15) is 0 Å². The molecule has 10 nitrogen and oxygen atoms in total. The second kappa shape index (κ2) is 7.70. The molecule has 0 radical (unpaired) electrons. The molecule has 5 rings (SSSR count). The minimum atomic E-state index is -3.18. The van der Waals surface area contributed by atoms with Crippen molar-refractivity contribution >= 4 is 42.9 Å². The minimum absolute atomic E-state index is 0.0387. The molecule has 3 aromatic heterocycles. The van der Waals surface area contributed by atoms with E-state index in [1.54, 1.807) is 27.5 Å². The molecule has 1 aromatic carbocycles. The van der Waals surface area contributed by atoms with Crippen molar-refractivity contribution in [2.45, 2.75) is 11.4 Å². The van der Waals surface area contributed by atoms with E-state index in [9.17, 15) is 13.2 Å². The molecule has 4 aromatic rings. The van der Waals surface area contributed by atoms with Crippen molar-refractivity contribution in [2.75, 3.05) is 43.9 Å². The Bertz CT molecular complexity index is 1400. The average molecular weight is 460 g/mol. The highest BCUT2D eigenvalue weighted by molar-refractivity contribution is 7.90. The van der Waals surface area contributed by atoms with Crippen LogP contribution in [0.25, 0.3) is 16.0 Å². The number of rotatable bonds is 5. The van der Waals surface area contributed by atoms with Gasteiger partial charge in [-0.05, 0) is 24.3 Å². The van der Waals surface area contributed by atoms with Crippen molar-refractivity contribution in [3.05, 3.63) is 46.6 Å². The fourth-order valence-electron chi connectivity index (χ4n) is 3.85. The summed E-state index contributed by atoms with van der Waals surface area (Å²) < 4.78 is 27.3. The van der Waals surface area contributed by atoms with E-state index in [0.717, 1.165) is 54.4 Å². The van der Waals surface area contributed by atoms with Crippen LogP contribution in [0.2, 0.25) is 0 Å². The van der Waals surface area contributed by atoms with Gasteiger partial charge in [0.1, 0.15) is 17.4 Å². The van der Waals surface area contributed by atoms with Crippen molar-refractivity contribution in [3.8, 4) is 0 Å². The summed E-state index contributed by atoms with van der Waals surface area (Å²) in [5.41, 5.74) is 2.33. The highest BCUT2D eigenvalue weighted by Gasteiger charge is 2.19. The Hall–Kier alpha value is -2.83. The summed E-state index contributed by atoms with van der Waals surface area (Å²) >= 11 is 1.15. The minimum Gasteiger partial charge on any atom is -0.369 e. The number of thiazole rings is 1. The third-order valence-corrected chi connectivity index (χ3v) is 7.67. The molecule has 1 aliphatic rings. The lowest BCUT2D eigenvalue weighted by atomic mass is 10.2. The molecule has 0 unspecified atom stereocenters. The molecule has 1 fully saturated rings. The number of fused-ring (bicyclic) bond motifs is 3. The second-order valence-corrected chi connectivity index (χ2v) is 10.5. The monoisotopic (exact) mass is 459 g/mol. The van der Waals surface area contributed by atoms with Gasteiger partial charge in [-0.25, -0.2) is 22.9 Å². The molecule has 0 spiro atoms. The van der Waals surface area contributed by atoms with Gasteiger partial charge < -0.3 is 4.90 Å². The summed E-state index contributed by atoms with van der Waals surface area (Å²) in [6.45, 7) is 4.75. The van der Waals surface area contributed by atoms with Crippen LogP contribution < -0.4 is 9.77 Å². The fourth-order valence-corrected chi connectivity index (χ4v) is 5.43. The summed E-state index contributed by atoms with van der Waals surface area (Å²) in [5, 5.41) is 4.07. The van der Waals surface area contributed by atoms with Gasteiger partial charge in [0, 0.05) is 51.2 Å². The molecule has 0 saturated carbocycles. The van der Waals surface area contributed by atoms with E-state index in [4.69, 9.17) is 0 Å². The predicted molar refractivity (Wildman–Crippen MR) is 119 cm³/mol. The summed E-state index contributed by atoms with van der Waals surface area (Å²) in [4.78, 5) is 26.0. The van der Waals surface area contributed by atoms with Crippen LogP contribution in [0.3, 0.4) is 0 Å². The van der Waals surface area contributed by atoms with E-state index in [1.165, 1.54) is 12.6 Å². The van der Waals surface area contributed by atoms with E-state index in [0.29, 0.717) is 22.7 Å². The second-order valence-electron chi connectivity index (χ2n) is 7.54. The molecule has 1 aliphatic heterocycles. The maximum atomic E-state index is 12.5. The van der Waals surface area contributed by atoms with E-state index < -0.39 is 9.84 Å². The Morgan fingerprint density at radius 1 is 1.00 bits per heavy atom. The van der Waals surface area contributed by atoms with E-state index in [1.807, 2.05) is 12.1 Å². The summed E-state index contributed by atoms with van der Waals surface area (Å²) in [6.07, 6.45) is 4.26. The van der Waals surface area contributed by atoms with Crippen LogP contribution in [0, 0.1) is 0 Å². The Balaban J connectivity index is 1.23. The lowest BCUT2D eigenvalue weighted by molar-refractivity contribution is 0.248. The normalized spacial score (nSPS) is 15.8. The summed E-state index contributed by atoms with van der Waals surface area (Å²) in [7, 11) is -3.18. The molecule has 0 N–H and O–H groups in total. The largest absolute Gasteiger partial charge is 0.369 e. The number of benzene rings is 1. The molecule has 0 aliphatic carbocycles. The van der Waals surface area contributed by atoms with Crippen LogP contribution in [0.15, 0.2) is 46.6 Å². The first-order valence-electron chi connectivity index (χ1n) is 9.85. The fraction of sp³-hybridized carbons (Fsp3) is 0.368. The van der Waals surface area contributed by atoms with Gasteiger partial charge in [-0.3, -0.25) is 14.3 Å². The molecule has 1 saturated heterocycles. The number of hydrogen-bond acceptors (Lipinski definition) is 9. The lowest BCUT2D eigenvalue weighted by Crippen LogP contribution is -2.47. The number of anilines is 1. The third-order valence-electron chi connectivity index (χ3n) is 5.58. The van der Waals surface area contributed by atoms with Gasteiger partial charge in [-0.15, -0.1) is 0 Å². The van der Waals surface area contributed by atoms with Gasteiger partial charge in [-0.2, -0.15) is 5.10 Å². The quantitative estimate of drug-likeness (QED) is 0.430. The topological polar surface area (TPSA) is 106 Å². The van der Waals surface area contributed by atoms with Crippen molar-refractivity contribution in [2.24, 2.45) is 0 Å². The zero-order chi connectivity index (χ0) is 21.6. The van der Waals surface area contributed by atoms with Crippen LogP contribution in [0.5, 0.6) is 0 Å². The molecule has 0 atom stereocenters. The Labute approximate surface area is 182 Å². The zero-order valence-corrected chi connectivity index (χ0v) is 18.5. The Morgan fingerprint density at radius 2 is 1.74 bits per heavy atom. The van der Waals surface area contributed by atoms with Crippen LogP contribution >= 0.6 is 11.3 Å². The van der Waals surface area contributed by atoms with Gasteiger partial charge >= 0.3 is 4.87 Å². The zero-order valence-electron chi connectivity index (χ0n) is 16.9. The molecular weight excluding hydrogens is 438 g/mol. The van der Waals surface area contributed by atoms with Crippen LogP contribution in [-0.4, -0.2) is 76.4 Å². The third kappa shape index (κ3) is 3.82. The number of nitrogens with zero attached hydrogens (tertiary/aromatic N) is 7. The maximum Gasteiger partial charge on any atom is 0.309 e. The number of aromatic nitrogens is 5. The van der Waals surface area contributed by atoms with Gasteiger partial charge in [0.25, 0.3) is 0 Å². The molecule has 0 amide bonds. The van der Waals surface area contributed by atoms with Crippen molar-refractivity contribution < 1.29 is 8.42 Å². The number of hydrogen-bond donors (Lipinski definition) is 0.